The summed E-state index contributed by atoms with van der Waals surface area (Å²) in [5.74, 6) is 0.0467. The Hall–Kier alpha value is -3.39. The number of carboxylic acids is 1. The lowest BCUT2D eigenvalue weighted by molar-refractivity contribution is -0.143. The molecule has 5 rings (SSSR count). The van der Waals surface area contributed by atoms with Crippen LogP contribution in [0, 0.1) is 24.6 Å². The average Bonchev–Trinajstić information content (AvgIpc) is 3.17. The Morgan fingerprint density at radius 1 is 1.24 bits per heavy atom. The number of aliphatic carboxylic acids is 1. The summed E-state index contributed by atoms with van der Waals surface area (Å²) in [6, 6.07) is 9.34. The number of likely N-dealkylation sites (tertiary alicyclic amines) is 1. The van der Waals surface area contributed by atoms with Gasteiger partial charge in [-0.3, -0.25) is 14.4 Å². The molecule has 2 aromatic carbocycles. The third-order valence-corrected chi connectivity index (χ3v) is 7.13. The Morgan fingerprint density at radius 2 is 2.03 bits per heavy atom. The highest BCUT2D eigenvalue weighted by atomic mass is 19.1. The third kappa shape index (κ3) is 5.64. The number of ether oxygens (including phenoxy) is 2. The molecule has 3 aromatic rings. The molecule has 8 heteroatoms. The van der Waals surface area contributed by atoms with E-state index in [1.54, 1.807) is 6.07 Å². The molecule has 0 spiro atoms. The fourth-order valence-corrected chi connectivity index (χ4v) is 5.17. The first-order chi connectivity index (χ1) is 17.8. The van der Waals surface area contributed by atoms with E-state index in [2.05, 4.69) is 40.7 Å². The van der Waals surface area contributed by atoms with Crippen LogP contribution >= 0.6 is 0 Å². The van der Waals surface area contributed by atoms with Crippen molar-refractivity contribution in [2.75, 3.05) is 26.2 Å². The van der Waals surface area contributed by atoms with Gasteiger partial charge in [0.25, 0.3) is 0 Å². The molecule has 1 fully saturated rings. The number of carbonyl (C=O) groups is 1. The van der Waals surface area contributed by atoms with Gasteiger partial charge in [-0.15, -0.1) is 0 Å². The fraction of sp³-hybridized carbons (Fsp3) is 0.448. The van der Waals surface area contributed by atoms with Crippen molar-refractivity contribution in [3.8, 4) is 11.5 Å². The molecule has 0 atom stereocenters. The van der Waals surface area contributed by atoms with Gasteiger partial charge in [0.15, 0.2) is 0 Å². The number of aryl methyl sites for hydroxylation is 1. The second-order valence-electron chi connectivity index (χ2n) is 10.6. The average molecular weight is 508 g/mol. The predicted molar refractivity (Wildman–Crippen MR) is 140 cm³/mol. The molecule has 0 unspecified atom stereocenters. The van der Waals surface area contributed by atoms with Gasteiger partial charge in [-0.1, -0.05) is 19.9 Å². The zero-order valence-electron chi connectivity index (χ0n) is 21.7. The standard InChI is InChI=1S/C29H34FN3O4/c1-18(2)14-33-27-5-4-20(10-24(27)19(3)31-33)16-36-23-12-26(30)25-11-21(17-37-28(25)13-23)15-32-8-6-22(7-9-32)29(34)35/h4-5,10-13,18,22H,6-9,14-17H2,1-3H3,(H,34,35). The van der Waals surface area contributed by atoms with Crippen LogP contribution in [0.3, 0.4) is 0 Å². The Bertz CT molecular complexity index is 1340. The zero-order chi connectivity index (χ0) is 26.1. The largest absolute Gasteiger partial charge is 0.489 e. The van der Waals surface area contributed by atoms with E-state index in [0.717, 1.165) is 47.4 Å². The van der Waals surface area contributed by atoms with Crippen molar-refractivity contribution in [3.63, 3.8) is 0 Å². The van der Waals surface area contributed by atoms with Gasteiger partial charge in [0.2, 0.25) is 0 Å². The molecule has 3 heterocycles. The number of piperidine rings is 1. The van der Waals surface area contributed by atoms with Crippen LogP contribution in [0.1, 0.15) is 43.5 Å². The maximum absolute atomic E-state index is 15.0. The molecule has 0 saturated carbocycles. The summed E-state index contributed by atoms with van der Waals surface area (Å²) in [6.07, 6.45) is 3.14. The van der Waals surface area contributed by atoms with Crippen molar-refractivity contribution >= 4 is 22.9 Å². The summed E-state index contributed by atoms with van der Waals surface area (Å²) in [5, 5.41) is 15.0. The highest BCUT2D eigenvalue weighted by molar-refractivity contribution is 5.82. The number of halogens is 1. The number of hydrogen-bond donors (Lipinski definition) is 1. The van der Waals surface area contributed by atoms with Gasteiger partial charge in [-0.25, -0.2) is 4.39 Å². The monoisotopic (exact) mass is 507 g/mol. The van der Waals surface area contributed by atoms with Crippen LogP contribution < -0.4 is 9.47 Å². The quantitative estimate of drug-likeness (QED) is 0.446. The molecule has 2 aliphatic rings. The zero-order valence-corrected chi connectivity index (χ0v) is 21.7. The summed E-state index contributed by atoms with van der Waals surface area (Å²) in [4.78, 5) is 13.4. The van der Waals surface area contributed by atoms with E-state index in [9.17, 15) is 9.90 Å². The normalized spacial score (nSPS) is 16.5. The summed E-state index contributed by atoms with van der Waals surface area (Å²) in [5.41, 5.74) is 4.50. The lowest BCUT2D eigenvalue weighted by Crippen LogP contribution is -2.38. The van der Waals surface area contributed by atoms with Crippen LogP contribution in [0.25, 0.3) is 17.0 Å². The van der Waals surface area contributed by atoms with Gasteiger partial charge in [-0.05, 0) is 68.1 Å². The van der Waals surface area contributed by atoms with Crippen molar-refractivity contribution in [1.29, 1.82) is 0 Å². The van der Waals surface area contributed by atoms with Crippen LogP contribution in [-0.2, 0) is 17.9 Å². The smallest absolute Gasteiger partial charge is 0.306 e. The number of benzene rings is 2. The van der Waals surface area contributed by atoms with E-state index >= 15 is 4.39 Å². The van der Waals surface area contributed by atoms with Gasteiger partial charge in [0.1, 0.15) is 30.5 Å². The van der Waals surface area contributed by atoms with Gasteiger partial charge >= 0.3 is 5.97 Å². The van der Waals surface area contributed by atoms with Crippen molar-refractivity contribution in [2.45, 2.75) is 46.8 Å². The molecule has 196 valence electrons. The van der Waals surface area contributed by atoms with Crippen molar-refractivity contribution in [3.05, 3.63) is 58.5 Å². The first-order valence-electron chi connectivity index (χ1n) is 13.0. The molecule has 1 saturated heterocycles. The lowest BCUT2D eigenvalue weighted by atomic mass is 9.96. The molecule has 1 N–H and O–H groups in total. The maximum atomic E-state index is 15.0. The summed E-state index contributed by atoms with van der Waals surface area (Å²) >= 11 is 0. The number of carboxylic acid groups (broad SMARTS) is 1. The maximum Gasteiger partial charge on any atom is 0.306 e. The Labute approximate surface area is 216 Å². The minimum Gasteiger partial charge on any atom is -0.489 e. The Kier molecular flexibility index (Phi) is 7.20. The first-order valence-corrected chi connectivity index (χ1v) is 13.0. The highest BCUT2D eigenvalue weighted by Gasteiger charge is 2.26. The molecule has 0 amide bonds. The number of aromatic nitrogens is 2. The van der Waals surface area contributed by atoms with E-state index in [4.69, 9.17) is 9.47 Å². The summed E-state index contributed by atoms with van der Waals surface area (Å²) in [6.45, 7) is 10.0. The first kappa shape index (κ1) is 25.3. The van der Waals surface area contributed by atoms with Crippen LogP contribution in [0.4, 0.5) is 4.39 Å². The second kappa shape index (κ2) is 10.5. The summed E-state index contributed by atoms with van der Waals surface area (Å²) < 4.78 is 28.9. The van der Waals surface area contributed by atoms with Gasteiger partial charge in [0.05, 0.1) is 22.7 Å². The van der Waals surface area contributed by atoms with E-state index in [1.807, 2.05) is 19.1 Å². The second-order valence-corrected chi connectivity index (χ2v) is 10.6. The Balaban J connectivity index is 1.24. The van der Waals surface area contributed by atoms with Crippen molar-refractivity contribution in [2.24, 2.45) is 11.8 Å². The third-order valence-electron chi connectivity index (χ3n) is 7.13. The van der Waals surface area contributed by atoms with Crippen LogP contribution in [0.5, 0.6) is 11.5 Å². The van der Waals surface area contributed by atoms with E-state index in [-0.39, 0.29) is 11.7 Å². The van der Waals surface area contributed by atoms with E-state index < -0.39 is 5.97 Å². The molecule has 0 aliphatic carbocycles. The molecule has 1 aromatic heterocycles. The van der Waals surface area contributed by atoms with Crippen molar-refractivity contribution < 1.29 is 23.8 Å². The Morgan fingerprint density at radius 3 is 2.76 bits per heavy atom. The molecular formula is C29H34FN3O4. The van der Waals surface area contributed by atoms with Gasteiger partial charge in [0, 0.05) is 30.6 Å². The SMILES string of the molecule is Cc1nn(CC(C)C)c2ccc(COc3cc(F)c4c(c3)OCC(CN3CCC(C(=O)O)CC3)=C4)cc12. The summed E-state index contributed by atoms with van der Waals surface area (Å²) in [7, 11) is 0. The minimum absolute atomic E-state index is 0.266. The van der Waals surface area contributed by atoms with Crippen LogP contribution in [0.15, 0.2) is 35.9 Å². The molecule has 7 nitrogen and oxygen atoms in total. The highest BCUT2D eigenvalue weighted by Crippen LogP contribution is 2.34. The lowest BCUT2D eigenvalue weighted by Gasteiger charge is -2.31. The van der Waals surface area contributed by atoms with Crippen LogP contribution in [-0.4, -0.2) is 52.0 Å². The number of rotatable bonds is 8. The molecule has 0 radical (unpaired) electrons. The van der Waals surface area contributed by atoms with Crippen LogP contribution in [0.2, 0.25) is 0 Å². The number of nitrogens with zero attached hydrogens (tertiary/aromatic N) is 3. The molecule has 37 heavy (non-hydrogen) atoms. The van der Waals surface area contributed by atoms with E-state index in [1.165, 1.54) is 6.07 Å². The topological polar surface area (TPSA) is 76.8 Å². The number of fused-ring (bicyclic) bond motifs is 2. The molecular weight excluding hydrogens is 473 g/mol. The minimum atomic E-state index is -0.720. The number of hydrogen-bond acceptors (Lipinski definition) is 5. The molecule has 2 aliphatic heterocycles. The molecule has 0 bridgehead atoms. The fourth-order valence-electron chi connectivity index (χ4n) is 5.17. The van der Waals surface area contributed by atoms with Crippen molar-refractivity contribution in [1.82, 2.24) is 14.7 Å². The van der Waals surface area contributed by atoms with Gasteiger partial charge < -0.3 is 14.6 Å². The van der Waals surface area contributed by atoms with E-state index in [0.29, 0.717) is 55.6 Å². The van der Waals surface area contributed by atoms with Gasteiger partial charge in [-0.2, -0.15) is 5.10 Å². The predicted octanol–water partition coefficient (Wildman–Crippen LogP) is 5.29.